The van der Waals surface area contributed by atoms with Gasteiger partial charge in [0.05, 0.1) is 30.3 Å². The zero-order valence-corrected chi connectivity index (χ0v) is 27.9. The number of hydrogen-bond acceptors (Lipinski definition) is 7. The van der Waals surface area contributed by atoms with Gasteiger partial charge >= 0.3 is 0 Å². The summed E-state index contributed by atoms with van der Waals surface area (Å²) in [6, 6.07) is 3.87. The third-order valence-corrected chi connectivity index (χ3v) is 9.16. The van der Waals surface area contributed by atoms with Crippen LogP contribution in [0.4, 0.5) is 0 Å². The molecule has 2 unspecified atom stereocenters. The third-order valence-electron chi connectivity index (χ3n) is 9.16. The molecule has 0 spiro atoms. The van der Waals surface area contributed by atoms with Crippen molar-refractivity contribution >= 4 is 11.9 Å². The molecule has 0 radical (unpaired) electrons. The second-order valence-electron chi connectivity index (χ2n) is 13.8. The Hall–Kier alpha value is -1.90. The van der Waals surface area contributed by atoms with Gasteiger partial charge in [-0.25, -0.2) is 0 Å². The van der Waals surface area contributed by atoms with Crippen LogP contribution in [-0.4, -0.2) is 59.5 Å². The summed E-state index contributed by atoms with van der Waals surface area (Å²) in [6.07, 6.45) is 13.6. The summed E-state index contributed by atoms with van der Waals surface area (Å²) in [5.41, 5.74) is 2.57. The fraction of sp³-hybridized carbons (Fsp3) is 0.722. The first kappa shape index (κ1) is 35.6. The van der Waals surface area contributed by atoms with Crippen LogP contribution < -0.4 is 0 Å². The van der Waals surface area contributed by atoms with Crippen molar-refractivity contribution in [1.82, 2.24) is 4.98 Å². The first-order valence-electron chi connectivity index (χ1n) is 16.3. The van der Waals surface area contributed by atoms with Crippen molar-refractivity contribution in [3.05, 3.63) is 47.3 Å². The van der Waals surface area contributed by atoms with Gasteiger partial charge in [0.15, 0.2) is 12.1 Å². The second-order valence-corrected chi connectivity index (χ2v) is 13.8. The first-order valence-corrected chi connectivity index (χ1v) is 16.3. The number of ether oxygens (including phenoxy) is 4. The number of nitrogens with zero attached hydrogens (tertiary/aromatic N) is 1. The minimum atomic E-state index is -0.696. The zero-order chi connectivity index (χ0) is 31.6. The highest BCUT2D eigenvalue weighted by Crippen LogP contribution is 2.39. The van der Waals surface area contributed by atoms with Gasteiger partial charge < -0.3 is 24.1 Å². The van der Waals surface area contributed by atoms with Crippen LogP contribution in [0.15, 0.2) is 41.7 Å². The van der Waals surface area contributed by atoms with Crippen LogP contribution in [0.2, 0.25) is 0 Å². The van der Waals surface area contributed by atoms with Gasteiger partial charge in [-0.1, -0.05) is 45.4 Å². The Morgan fingerprint density at radius 2 is 1.88 bits per heavy atom. The molecule has 43 heavy (non-hydrogen) atoms. The van der Waals surface area contributed by atoms with Crippen LogP contribution >= 0.6 is 0 Å². The van der Waals surface area contributed by atoms with E-state index in [0.29, 0.717) is 26.1 Å². The molecule has 0 aromatic carbocycles. The summed E-state index contributed by atoms with van der Waals surface area (Å²) >= 11 is 0. The Labute approximate surface area is 260 Å². The molecule has 2 saturated heterocycles. The van der Waals surface area contributed by atoms with E-state index >= 15 is 0 Å². The smallest absolute Gasteiger partial charge is 0.163 e. The van der Waals surface area contributed by atoms with Gasteiger partial charge in [-0.15, -0.1) is 0 Å². The SMILES string of the molecule is C/C(=C\C[C@H](O)/C(C)=C/c1ccncc1)CCC[C@H](C)[C@H](OC1CCCCO1)C(C)C(=O)C(C)(C)[C@@H]1CCOC(C)(C)O1. The number of hydrogen-bond donors (Lipinski definition) is 1. The quantitative estimate of drug-likeness (QED) is 0.207. The summed E-state index contributed by atoms with van der Waals surface area (Å²) in [5, 5.41) is 10.7. The molecule has 2 aliphatic rings. The summed E-state index contributed by atoms with van der Waals surface area (Å²) in [5.74, 6) is -0.648. The van der Waals surface area contributed by atoms with Crippen molar-refractivity contribution in [2.45, 2.75) is 137 Å². The lowest BCUT2D eigenvalue weighted by Gasteiger charge is -2.44. The van der Waals surface area contributed by atoms with E-state index in [0.717, 1.165) is 49.7 Å². The van der Waals surface area contributed by atoms with E-state index < -0.39 is 17.3 Å². The van der Waals surface area contributed by atoms with Crippen LogP contribution in [0.5, 0.6) is 0 Å². The monoisotopic (exact) mass is 599 g/mol. The maximum Gasteiger partial charge on any atom is 0.163 e. The van der Waals surface area contributed by atoms with Crippen LogP contribution in [0.25, 0.3) is 6.08 Å². The molecule has 7 heteroatoms. The summed E-state index contributed by atoms with van der Waals surface area (Å²) < 4.78 is 24.5. The van der Waals surface area contributed by atoms with Crippen LogP contribution in [0, 0.1) is 17.3 Å². The van der Waals surface area contributed by atoms with E-state index in [9.17, 15) is 9.90 Å². The zero-order valence-electron chi connectivity index (χ0n) is 27.9. The van der Waals surface area contributed by atoms with Crippen molar-refractivity contribution in [1.29, 1.82) is 0 Å². The van der Waals surface area contributed by atoms with Gasteiger partial charge in [0.2, 0.25) is 0 Å². The number of allylic oxidation sites excluding steroid dienone is 1. The van der Waals surface area contributed by atoms with Crippen molar-refractivity contribution < 1.29 is 28.8 Å². The third kappa shape index (κ3) is 10.9. The van der Waals surface area contributed by atoms with Crippen molar-refractivity contribution in [2.24, 2.45) is 17.3 Å². The molecule has 0 amide bonds. The normalized spacial score (nSPS) is 24.7. The Morgan fingerprint density at radius 1 is 1.16 bits per heavy atom. The van der Waals surface area contributed by atoms with E-state index in [2.05, 4.69) is 24.9 Å². The summed E-state index contributed by atoms with van der Waals surface area (Å²) in [6.45, 7) is 17.4. The molecular weight excluding hydrogens is 542 g/mol. The highest BCUT2D eigenvalue weighted by atomic mass is 16.7. The number of Topliss-reactive ketones (excluding diaryl/α,β-unsaturated/α-hetero) is 1. The second kappa shape index (κ2) is 16.4. The highest BCUT2D eigenvalue weighted by molar-refractivity contribution is 5.87. The molecular formula is C36H57NO6. The standard InChI is InChI=1S/C36H57NO6/c1-25(15-16-30(38)27(3)24-29-17-20-37-21-18-29)12-11-13-26(2)33(42-32-14-9-10-22-40-32)28(4)34(39)35(5,6)31-19-23-41-36(7,8)43-31/h15,17-18,20-21,24,26,28,30-33,38H,9-14,16,19,22-23H2,1-8H3/b25-15+,27-24+/t26-,28?,30-,31-,32?,33-/m0/s1. The average Bonchev–Trinajstić information content (AvgIpc) is 2.98. The predicted octanol–water partition coefficient (Wildman–Crippen LogP) is 7.67. The largest absolute Gasteiger partial charge is 0.388 e. The van der Waals surface area contributed by atoms with Crippen molar-refractivity contribution in [3.63, 3.8) is 0 Å². The van der Waals surface area contributed by atoms with Gasteiger partial charge in [-0.2, -0.15) is 0 Å². The summed E-state index contributed by atoms with van der Waals surface area (Å²) in [7, 11) is 0. The fourth-order valence-corrected chi connectivity index (χ4v) is 6.28. The lowest BCUT2D eigenvalue weighted by molar-refractivity contribution is -0.289. The van der Waals surface area contributed by atoms with E-state index in [1.165, 1.54) is 5.57 Å². The molecule has 3 heterocycles. The van der Waals surface area contributed by atoms with Crippen molar-refractivity contribution in [2.75, 3.05) is 13.2 Å². The predicted molar refractivity (Wildman–Crippen MR) is 171 cm³/mol. The lowest BCUT2D eigenvalue weighted by Crippen LogP contribution is -2.52. The Kier molecular flexibility index (Phi) is 13.6. The van der Waals surface area contributed by atoms with Gasteiger partial charge in [0.1, 0.15) is 5.78 Å². The van der Waals surface area contributed by atoms with Crippen LogP contribution in [0.1, 0.15) is 112 Å². The molecule has 3 rings (SSSR count). The molecule has 242 valence electrons. The fourth-order valence-electron chi connectivity index (χ4n) is 6.28. The number of rotatable bonds is 15. The minimum absolute atomic E-state index is 0.170. The molecule has 1 aromatic heterocycles. The molecule has 6 atom stereocenters. The molecule has 2 aliphatic heterocycles. The molecule has 1 N–H and O–H groups in total. The molecule has 0 bridgehead atoms. The van der Waals surface area contributed by atoms with E-state index in [1.807, 2.05) is 59.8 Å². The number of pyridine rings is 1. The number of carbonyl (C=O) groups is 1. The minimum Gasteiger partial charge on any atom is -0.388 e. The Morgan fingerprint density at radius 3 is 2.53 bits per heavy atom. The van der Waals surface area contributed by atoms with Crippen molar-refractivity contribution in [3.8, 4) is 0 Å². The summed E-state index contributed by atoms with van der Waals surface area (Å²) in [4.78, 5) is 18.1. The Bertz CT molecular complexity index is 1060. The molecule has 0 aliphatic carbocycles. The first-order chi connectivity index (χ1) is 20.3. The number of aliphatic hydroxyl groups is 1. The average molecular weight is 600 g/mol. The highest BCUT2D eigenvalue weighted by Gasteiger charge is 2.46. The van der Waals surface area contributed by atoms with Crippen LogP contribution in [0.3, 0.4) is 0 Å². The number of aromatic nitrogens is 1. The van der Waals surface area contributed by atoms with Gasteiger partial charge in [0.25, 0.3) is 0 Å². The Balaban J connectivity index is 1.60. The molecule has 0 saturated carbocycles. The molecule has 7 nitrogen and oxygen atoms in total. The topological polar surface area (TPSA) is 87.1 Å². The van der Waals surface area contributed by atoms with E-state index in [-0.39, 0.29) is 36.1 Å². The maximum atomic E-state index is 14.1. The maximum absolute atomic E-state index is 14.1. The van der Waals surface area contributed by atoms with Crippen LogP contribution in [-0.2, 0) is 23.7 Å². The van der Waals surface area contributed by atoms with E-state index in [4.69, 9.17) is 18.9 Å². The number of aliphatic hydroxyl groups excluding tert-OH is 1. The number of carbonyl (C=O) groups excluding carboxylic acids is 1. The molecule has 2 fully saturated rings. The van der Waals surface area contributed by atoms with Gasteiger partial charge in [-0.3, -0.25) is 9.78 Å². The molecule has 1 aromatic rings. The lowest BCUT2D eigenvalue weighted by atomic mass is 9.72. The number of ketones is 1. The van der Waals surface area contributed by atoms with Gasteiger partial charge in [0, 0.05) is 24.9 Å². The van der Waals surface area contributed by atoms with E-state index in [1.54, 1.807) is 12.4 Å². The van der Waals surface area contributed by atoms with Gasteiger partial charge in [-0.05, 0) is 108 Å².